The van der Waals surface area contributed by atoms with Crippen LogP contribution < -0.4 is 0 Å². The molecule has 8 aliphatic rings. The second-order valence-electron chi connectivity index (χ2n) is 9.58. The lowest BCUT2D eigenvalue weighted by atomic mass is 10.6. The van der Waals surface area contributed by atoms with Crippen molar-refractivity contribution in [3.05, 3.63) is 79.8 Å². The van der Waals surface area contributed by atoms with Crippen LogP contribution >= 0.6 is 247 Å². The molecule has 0 aliphatic carbocycles. The molecular weight excluding hydrogens is 1040 g/mol. The molecule has 8 rings (SSSR count). The summed E-state index contributed by atoms with van der Waals surface area (Å²) in [6, 6.07) is 2.28. The van der Waals surface area contributed by atoms with Crippen molar-refractivity contribution in [1.82, 2.24) is 0 Å². The Kier molecular flexibility index (Phi) is 18.1. The van der Waals surface area contributed by atoms with Gasteiger partial charge in [0, 0.05) is 58.2 Å². The van der Waals surface area contributed by atoms with Crippen LogP contribution in [0.1, 0.15) is 6.42 Å². The standard InChI is InChI=1S/C29H23NS21/c30-2-1-3-31-15-12-40-24(43-15)27-46-18(34-6-4-32-16-13-41-25(44-16)28-48-20-21(49-28)37-9-8-36-20)19(47-27)35-7-5-33-17-14-42-26(45-17)29-50-22-23(51-29)39-11-10-38-22/h12-14H,1,3-11H2. The first-order chi connectivity index (χ1) is 25.2. The quantitative estimate of drug-likeness (QED) is 0.163. The summed E-state index contributed by atoms with van der Waals surface area (Å²) >= 11 is 41.7. The second kappa shape index (κ2) is 21.8. The van der Waals surface area contributed by atoms with Crippen molar-refractivity contribution in [2.75, 3.05) is 51.8 Å². The van der Waals surface area contributed by atoms with E-state index in [0.29, 0.717) is 6.42 Å². The van der Waals surface area contributed by atoms with E-state index in [9.17, 15) is 0 Å². The lowest BCUT2D eigenvalue weighted by Gasteiger charge is -2.08. The summed E-state index contributed by atoms with van der Waals surface area (Å²) < 4.78 is 22.1. The van der Waals surface area contributed by atoms with Gasteiger partial charge in [-0.1, -0.05) is 141 Å². The van der Waals surface area contributed by atoms with Gasteiger partial charge in [-0.2, -0.15) is 5.26 Å². The molecule has 51 heavy (non-hydrogen) atoms. The van der Waals surface area contributed by atoms with Gasteiger partial charge >= 0.3 is 0 Å². The molecule has 0 spiro atoms. The summed E-state index contributed by atoms with van der Waals surface area (Å²) in [6.07, 6.45) is 0.603. The number of thioether (sulfide) groups is 21. The molecule has 8 aliphatic heterocycles. The summed E-state index contributed by atoms with van der Waals surface area (Å²) in [5.41, 5.74) is 0. The topological polar surface area (TPSA) is 23.8 Å². The fraction of sp³-hybridized carbons (Fsp3) is 0.345. The van der Waals surface area contributed by atoms with Gasteiger partial charge in [-0.15, -0.1) is 106 Å². The van der Waals surface area contributed by atoms with Gasteiger partial charge in [-0.05, 0) is 16.2 Å². The molecule has 0 unspecified atom stereocenters. The first kappa shape index (κ1) is 42.2. The van der Waals surface area contributed by atoms with Crippen LogP contribution in [0.15, 0.2) is 79.8 Å². The van der Waals surface area contributed by atoms with Crippen molar-refractivity contribution in [2.24, 2.45) is 0 Å². The van der Waals surface area contributed by atoms with Crippen molar-refractivity contribution in [1.29, 1.82) is 5.26 Å². The highest BCUT2D eigenvalue weighted by Gasteiger charge is 2.32. The molecule has 0 amide bonds. The SMILES string of the molecule is N#CCCSC1=CSC(=C2SC(SCCSC3=CSC(=C4SC5=C(SCCS5)S4)S3)=C(SCCSC3=CSC(=C4SC5=C(SCCS5)S4)S3)S2)S1. The summed E-state index contributed by atoms with van der Waals surface area (Å²) in [7, 11) is 0. The monoisotopic (exact) mass is 1060 g/mol. The molecule has 0 atom stereocenters. The highest BCUT2D eigenvalue weighted by molar-refractivity contribution is 8.46. The highest BCUT2D eigenvalue weighted by atomic mass is 32.3. The molecule has 1 nitrogen and oxygen atoms in total. The molecule has 0 aromatic carbocycles. The molecule has 0 radical (unpaired) electrons. The Balaban J connectivity index is 0.815. The molecule has 0 aromatic rings. The normalized spacial score (nSPS) is 23.6. The summed E-state index contributed by atoms with van der Waals surface area (Å²) in [4.78, 5) is 0. The van der Waals surface area contributed by atoms with Crippen LogP contribution in [0, 0.1) is 11.3 Å². The molecule has 22 heteroatoms. The molecular formula is C29H23NS21. The predicted octanol–water partition coefficient (Wildman–Crippen LogP) is 17.6. The van der Waals surface area contributed by atoms with E-state index >= 15 is 0 Å². The third-order valence-corrected chi connectivity index (χ3v) is 36.5. The maximum absolute atomic E-state index is 8.96. The van der Waals surface area contributed by atoms with Crippen molar-refractivity contribution < 1.29 is 0 Å². The van der Waals surface area contributed by atoms with E-state index in [2.05, 4.69) is 45.8 Å². The van der Waals surface area contributed by atoms with Crippen LogP contribution in [0.25, 0.3) is 0 Å². The lowest BCUT2D eigenvalue weighted by Crippen LogP contribution is -1.88. The van der Waals surface area contributed by atoms with Crippen LogP contribution in [0.5, 0.6) is 0 Å². The highest BCUT2D eigenvalue weighted by Crippen LogP contribution is 2.67. The minimum atomic E-state index is 0.603. The van der Waals surface area contributed by atoms with Gasteiger partial charge < -0.3 is 0 Å². The average Bonchev–Trinajstić information content (AvgIpc) is 4.00. The number of rotatable bonds is 13. The van der Waals surface area contributed by atoms with Crippen LogP contribution in [-0.4, -0.2) is 51.8 Å². The Labute approximate surface area is 390 Å². The minimum absolute atomic E-state index is 0.603. The van der Waals surface area contributed by atoms with E-state index in [4.69, 9.17) is 5.26 Å². The molecule has 0 saturated carbocycles. The van der Waals surface area contributed by atoms with E-state index < -0.39 is 0 Å². The number of nitriles is 1. The Morgan fingerprint density at radius 2 is 0.765 bits per heavy atom. The van der Waals surface area contributed by atoms with E-state index in [0.717, 1.165) is 28.8 Å². The van der Waals surface area contributed by atoms with Crippen molar-refractivity contribution in [3.8, 4) is 6.07 Å². The molecule has 0 fully saturated rings. The summed E-state index contributed by atoms with van der Waals surface area (Å²) in [6.45, 7) is 0. The van der Waals surface area contributed by atoms with Gasteiger partial charge in [-0.25, -0.2) is 0 Å². The zero-order chi connectivity index (χ0) is 34.4. The Bertz CT molecular complexity index is 1620. The summed E-state index contributed by atoms with van der Waals surface area (Å²) in [5.74, 6) is 10.3. The van der Waals surface area contributed by atoms with E-state index in [-0.39, 0.29) is 0 Å². The first-order valence-electron chi connectivity index (χ1n) is 14.9. The minimum Gasteiger partial charge on any atom is -0.198 e. The number of nitrogens with zero attached hydrogens (tertiary/aromatic N) is 1. The van der Waals surface area contributed by atoms with Gasteiger partial charge in [0.15, 0.2) is 0 Å². The van der Waals surface area contributed by atoms with Gasteiger partial charge in [-0.3, -0.25) is 0 Å². The number of hydrogen-bond donors (Lipinski definition) is 0. The lowest BCUT2D eigenvalue weighted by molar-refractivity contribution is 1.24. The fourth-order valence-corrected chi connectivity index (χ4v) is 33.9. The first-order valence-corrected chi connectivity index (χ1v) is 33.7. The van der Waals surface area contributed by atoms with Gasteiger partial charge in [0.05, 0.1) is 69.6 Å². The molecule has 8 heterocycles. The van der Waals surface area contributed by atoms with Crippen molar-refractivity contribution >= 4 is 247 Å². The van der Waals surface area contributed by atoms with Crippen molar-refractivity contribution in [2.45, 2.75) is 6.42 Å². The molecule has 0 N–H and O–H groups in total. The van der Waals surface area contributed by atoms with Gasteiger partial charge in [0.25, 0.3) is 0 Å². The van der Waals surface area contributed by atoms with Crippen molar-refractivity contribution in [3.63, 3.8) is 0 Å². The summed E-state index contributed by atoms with van der Waals surface area (Å²) in [5, 5.41) is 16.0. The predicted molar refractivity (Wildman–Crippen MR) is 280 cm³/mol. The fourth-order valence-electron chi connectivity index (χ4n) is 4.07. The largest absolute Gasteiger partial charge is 0.198 e. The molecule has 0 aromatic heterocycles. The third kappa shape index (κ3) is 11.9. The van der Waals surface area contributed by atoms with Gasteiger partial charge in [0.2, 0.25) is 0 Å². The zero-order valence-electron chi connectivity index (χ0n) is 25.8. The van der Waals surface area contributed by atoms with Gasteiger partial charge in [0.1, 0.15) is 0 Å². The van der Waals surface area contributed by atoms with E-state index in [1.54, 1.807) is 0 Å². The molecule has 0 saturated heterocycles. The smallest absolute Gasteiger partial charge is 0.0717 e. The van der Waals surface area contributed by atoms with Crippen LogP contribution in [-0.2, 0) is 0 Å². The van der Waals surface area contributed by atoms with E-state index in [1.165, 1.54) is 86.6 Å². The van der Waals surface area contributed by atoms with Crippen LogP contribution in [0.4, 0.5) is 0 Å². The Hall–Kier alpha value is 4.50. The zero-order valence-corrected chi connectivity index (χ0v) is 43.0. The Morgan fingerprint density at radius 3 is 1.16 bits per heavy atom. The maximum atomic E-state index is 8.96. The molecule has 0 bridgehead atoms. The maximum Gasteiger partial charge on any atom is 0.0717 e. The Morgan fingerprint density at radius 1 is 0.412 bits per heavy atom. The van der Waals surface area contributed by atoms with Crippen LogP contribution in [0.3, 0.4) is 0 Å². The molecule has 270 valence electrons. The van der Waals surface area contributed by atoms with E-state index in [1.807, 2.05) is 223 Å². The second-order valence-corrected chi connectivity index (χ2v) is 35.4. The third-order valence-electron chi connectivity index (χ3n) is 6.16. The van der Waals surface area contributed by atoms with Crippen LogP contribution in [0.2, 0.25) is 0 Å². The number of hydrogen-bond acceptors (Lipinski definition) is 22. The average molecular weight is 1060 g/mol.